The normalized spacial score (nSPS) is 19.5. The summed E-state index contributed by atoms with van der Waals surface area (Å²) in [7, 11) is 1.97. The van der Waals surface area contributed by atoms with Gasteiger partial charge < -0.3 is 15.5 Å². The van der Waals surface area contributed by atoms with Crippen LogP contribution in [0.25, 0.3) is 5.69 Å². The van der Waals surface area contributed by atoms with Gasteiger partial charge in [-0.2, -0.15) is 5.10 Å². The van der Waals surface area contributed by atoms with Gasteiger partial charge in [-0.05, 0) is 30.3 Å². The number of nitrogens with one attached hydrogen (secondary N) is 2. The highest BCUT2D eigenvalue weighted by molar-refractivity contribution is 5.84. The predicted octanol–water partition coefficient (Wildman–Crippen LogP) is 1.43. The first kappa shape index (κ1) is 13.6. The van der Waals surface area contributed by atoms with Crippen molar-refractivity contribution in [3.8, 4) is 5.69 Å². The molecule has 7 nitrogen and oxygen atoms in total. The molecule has 0 amide bonds. The van der Waals surface area contributed by atoms with E-state index < -0.39 is 0 Å². The summed E-state index contributed by atoms with van der Waals surface area (Å²) < 4.78 is 1.83. The maximum Gasteiger partial charge on any atom is 0.195 e. The van der Waals surface area contributed by atoms with E-state index in [2.05, 4.69) is 25.7 Å². The average Bonchev–Trinajstić information content (AvgIpc) is 3.11. The Bertz CT molecular complexity index is 771. The quantitative estimate of drug-likeness (QED) is 0.900. The average molecular weight is 307 g/mol. The molecule has 2 N–H and O–H groups in total. The minimum absolute atomic E-state index is 0.196. The number of benzene rings is 1. The molecule has 0 saturated carbocycles. The van der Waals surface area contributed by atoms with Gasteiger partial charge in [-0.1, -0.05) is 0 Å². The molecule has 2 aliphatic rings. The van der Waals surface area contributed by atoms with Crippen LogP contribution in [0, 0.1) is 0 Å². The Hall–Kier alpha value is -3.09. The summed E-state index contributed by atoms with van der Waals surface area (Å²) in [5.74, 6) is 1.04. The molecule has 0 bridgehead atoms. The van der Waals surface area contributed by atoms with E-state index in [1.165, 1.54) is 0 Å². The van der Waals surface area contributed by atoms with E-state index in [-0.39, 0.29) is 6.29 Å². The second-order valence-electron chi connectivity index (χ2n) is 5.41. The molecule has 0 radical (unpaired) electrons. The monoisotopic (exact) mass is 307 g/mol. The molecular formula is C16H17N7. The van der Waals surface area contributed by atoms with Crippen molar-refractivity contribution in [2.24, 2.45) is 9.98 Å². The van der Waals surface area contributed by atoms with Crippen molar-refractivity contribution in [1.82, 2.24) is 20.0 Å². The smallest absolute Gasteiger partial charge is 0.195 e. The van der Waals surface area contributed by atoms with Gasteiger partial charge in [-0.25, -0.2) is 9.67 Å². The lowest BCUT2D eigenvalue weighted by Crippen LogP contribution is -2.44. The summed E-state index contributed by atoms with van der Waals surface area (Å²) in [5.41, 5.74) is 3.11. The number of rotatable bonds is 3. The van der Waals surface area contributed by atoms with Crippen molar-refractivity contribution in [2.75, 3.05) is 18.9 Å². The summed E-state index contributed by atoms with van der Waals surface area (Å²) >= 11 is 0. The van der Waals surface area contributed by atoms with Crippen LogP contribution in [0.1, 0.15) is 0 Å². The molecule has 4 rings (SSSR count). The zero-order valence-electron chi connectivity index (χ0n) is 12.7. The van der Waals surface area contributed by atoms with E-state index in [1.54, 1.807) is 6.20 Å². The third kappa shape index (κ3) is 2.68. The fourth-order valence-electron chi connectivity index (χ4n) is 2.61. The molecule has 116 valence electrons. The lowest BCUT2D eigenvalue weighted by Gasteiger charge is -2.31. The number of hydrogen-bond donors (Lipinski definition) is 2. The van der Waals surface area contributed by atoms with Crippen molar-refractivity contribution in [3.63, 3.8) is 0 Å². The Morgan fingerprint density at radius 2 is 2.13 bits per heavy atom. The van der Waals surface area contributed by atoms with Crippen LogP contribution in [0.5, 0.6) is 0 Å². The number of anilines is 1. The highest BCUT2D eigenvalue weighted by atomic mass is 15.4. The van der Waals surface area contributed by atoms with Gasteiger partial charge in [0.25, 0.3) is 0 Å². The van der Waals surface area contributed by atoms with Gasteiger partial charge >= 0.3 is 0 Å². The summed E-state index contributed by atoms with van der Waals surface area (Å²) in [4.78, 5) is 10.7. The van der Waals surface area contributed by atoms with Gasteiger partial charge in [0.05, 0.1) is 18.6 Å². The maximum atomic E-state index is 4.49. The molecule has 0 spiro atoms. The first-order valence-corrected chi connectivity index (χ1v) is 7.42. The Morgan fingerprint density at radius 1 is 1.26 bits per heavy atom. The Labute approximate surface area is 134 Å². The predicted molar refractivity (Wildman–Crippen MR) is 90.8 cm³/mol. The number of aromatic nitrogens is 2. The third-order valence-electron chi connectivity index (χ3n) is 3.77. The minimum atomic E-state index is -0.196. The first-order chi connectivity index (χ1) is 11.3. The van der Waals surface area contributed by atoms with Crippen molar-refractivity contribution in [2.45, 2.75) is 6.29 Å². The van der Waals surface area contributed by atoms with Crippen LogP contribution in [-0.4, -0.2) is 47.1 Å². The number of aliphatic imine (C=N–C) groups is 2. The molecule has 7 heteroatoms. The number of hydrogen-bond acceptors (Lipinski definition) is 6. The van der Waals surface area contributed by atoms with E-state index in [9.17, 15) is 0 Å². The topological polar surface area (TPSA) is 69.8 Å². The molecule has 0 fully saturated rings. The van der Waals surface area contributed by atoms with E-state index >= 15 is 0 Å². The second kappa shape index (κ2) is 5.60. The van der Waals surface area contributed by atoms with Gasteiger partial charge in [0.15, 0.2) is 6.29 Å². The zero-order valence-corrected chi connectivity index (χ0v) is 12.7. The van der Waals surface area contributed by atoms with Crippen LogP contribution >= 0.6 is 0 Å². The molecular weight excluding hydrogens is 290 g/mol. The van der Waals surface area contributed by atoms with Crippen molar-refractivity contribution in [1.29, 1.82) is 0 Å². The molecule has 1 aromatic carbocycles. The van der Waals surface area contributed by atoms with Crippen LogP contribution in [-0.2, 0) is 0 Å². The lowest BCUT2D eigenvalue weighted by atomic mass is 10.2. The fraction of sp³-hybridized carbons (Fsp3) is 0.188. The molecule has 1 atom stereocenters. The largest absolute Gasteiger partial charge is 0.347 e. The third-order valence-corrected chi connectivity index (χ3v) is 3.77. The van der Waals surface area contributed by atoms with Crippen molar-refractivity contribution < 1.29 is 0 Å². The van der Waals surface area contributed by atoms with Gasteiger partial charge in [0.1, 0.15) is 5.82 Å². The van der Waals surface area contributed by atoms with E-state index in [0.29, 0.717) is 6.54 Å². The SMILES string of the molecule is CN1C=NCC2=C1NC(Nc1ccc(-n3cccn3)cc1)N=C2. The maximum absolute atomic E-state index is 4.49. The fourth-order valence-corrected chi connectivity index (χ4v) is 2.61. The Balaban J connectivity index is 1.45. The van der Waals surface area contributed by atoms with Gasteiger partial charge in [-0.15, -0.1) is 0 Å². The standard InChI is InChI=1S/C16H17N7/c1-22-11-17-9-12-10-18-16(21-15(12)22)20-13-3-5-14(6-4-13)23-8-2-7-19-23/h2-8,10-11,16,20-21H,9H2,1H3. The Kier molecular flexibility index (Phi) is 3.30. The highest BCUT2D eigenvalue weighted by Gasteiger charge is 2.20. The van der Waals surface area contributed by atoms with E-state index in [1.807, 2.05) is 65.7 Å². The highest BCUT2D eigenvalue weighted by Crippen LogP contribution is 2.17. The molecule has 0 aliphatic carbocycles. The molecule has 23 heavy (non-hydrogen) atoms. The number of nitrogens with zero attached hydrogens (tertiary/aromatic N) is 5. The van der Waals surface area contributed by atoms with Crippen LogP contribution in [0.15, 0.2) is 64.1 Å². The zero-order chi connectivity index (χ0) is 15.6. The van der Waals surface area contributed by atoms with Crippen LogP contribution in [0.3, 0.4) is 0 Å². The minimum Gasteiger partial charge on any atom is -0.347 e. The molecule has 2 aliphatic heterocycles. The van der Waals surface area contributed by atoms with Crippen molar-refractivity contribution >= 4 is 18.2 Å². The van der Waals surface area contributed by atoms with Gasteiger partial charge in [0, 0.05) is 36.9 Å². The lowest BCUT2D eigenvalue weighted by molar-refractivity contribution is 0.497. The summed E-state index contributed by atoms with van der Waals surface area (Å²) in [6.07, 6.45) is 7.19. The summed E-state index contributed by atoms with van der Waals surface area (Å²) in [6, 6.07) is 9.98. The van der Waals surface area contributed by atoms with Gasteiger partial charge in [-0.3, -0.25) is 4.99 Å². The first-order valence-electron chi connectivity index (χ1n) is 7.42. The van der Waals surface area contributed by atoms with Gasteiger partial charge in [0.2, 0.25) is 0 Å². The van der Waals surface area contributed by atoms with E-state index in [4.69, 9.17) is 0 Å². The van der Waals surface area contributed by atoms with Crippen molar-refractivity contribution in [3.05, 3.63) is 54.1 Å². The molecule has 1 unspecified atom stereocenters. The summed E-state index contributed by atoms with van der Waals surface area (Å²) in [5, 5.41) is 11.0. The van der Waals surface area contributed by atoms with Crippen LogP contribution < -0.4 is 10.6 Å². The Morgan fingerprint density at radius 3 is 2.91 bits per heavy atom. The summed E-state index contributed by atoms with van der Waals surface area (Å²) in [6.45, 7) is 0.668. The second-order valence-corrected chi connectivity index (χ2v) is 5.41. The molecule has 1 aromatic heterocycles. The van der Waals surface area contributed by atoms with E-state index in [0.717, 1.165) is 22.8 Å². The molecule has 2 aromatic rings. The molecule has 3 heterocycles. The van der Waals surface area contributed by atoms with Crippen LogP contribution in [0.2, 0.25) is 0 Å². The molecule has 0 saturated heterocycles. The van der Waals surface area contributed by atoms with Crippen LogP contribution in [0.4, 0.5) is 5.69 Å².